The van der Waals surface area contributed by atoms with Crippen molar-refractivity contribution in [1.82, 2.24) is 0 Å². The molecule has 30 heavy (non-hydrogen) atoms. The molecular formula is C24H20O6. The molecule has 0 saturated carbocycles. The Bertz CT molecular complexity index is 1020. The lowest BCUT2D eigenvalue weighted by Crippen LogP contribution is -1.93. The van der Waals surface area contributed by atoms with Crippen LogP contribution in [0.15, 0.2) is 97.1 Å². The maximum Gasteiger partial charge on any atom is 0.335 e. The third kappa shape index (κ3) is 6.38. The van der Waals surface area contributed by atoms with Crippen molar-refractivity contribution in [2.45, 2.75) is 0 Å². The van der Waals surface area contributed by atoms with E-state index in [1.54, 1.807) is 72.8 Å². The number of fused-ring (bicyclic) bond motifs is 1. The third-order valence-electron chi connectivity index (χ3n) is 3.92. The molecule has 0 amide bonds. The lowest BCUT2D eigenvalue weighted by Gasteiger charge is -2.01. The molecule has 0 spiro atoms. The maximum atomic E-state index is 10.2. The summed E-state index contributed by atoms with van der Waals surface area (Å²) in [6.45, 7) is 0. The van der Waals surface area contributed by atoms with Gasteiger partial charge in [0, 0.05) is 10.8 Å². The minimum atomic E-state index is -0.879. The molecule has 4 N–H and O–H groups in total. The minimum absolute atomic E-state index is 0.198. The summed E-state index contributed by atoms with van der Waals surface area (Å²) in [7, 11) is 0. The smallest absolute Gasteiger partial charge is 0.335 e. The molecule has 0 bridgehead atoms. The normalized spacial score (nSPS) is 9.47. The van der Waals surface area contributed by atoms with Gasteiger partial charge in [-0.15, -0.1) is 0 Å². The fourth-order valence-corrected chi connectivity index (χ4v) is 2.43. The Hall–Kier alpha value is -4.32. The maximum absolute atomic E-state index is 10.2. The molecule has 0 radical (unpaired) electrons. The molecule has 0 aliphatic carbocycles. The van der Waals surface area contributed by atoms with Gasteiger partial charge in [0.25, 0.3) is 0 Å². The number of phenolic OH excluding ortho intramolecular Hbond substituents is 2. The average Bonchev–Trinajstić information content (AvgIpc) is 2.78. The van der Waals surface area contributed by atoms with Crippen LogP contribution in [0.25, 0.3) is 10.8 Å². The van der Waals surface area contributed by atoms with Gasteiger partial charge in [0.05, 0.1) is 11.1 Å². The van der Waals surface area contributed by atoms with E-state index in [4.69, 9.17) is 10.2 Å². The lowest BCUT2D eigenvalue weighted by atomic mass is 10.1. The third-order valence-corrected chi connectivity index (χ3v) is 3.92. The van der Waals surface area contributed by atoms with Gasteiger partial charge in [-0.25, -0.2) is 9.59 Å². The van der Waals surface area contributed by atoms with E-state index in [1.807, 2.05) is 12.1 Å². The van der Waals surface area contributed by atoms with Gasteiger partial charge >= 0.3 is 11.9 Å². The molecule has 4 rings (SSSR count). The highest BCUT2D eigenvalue weighted by Crippen LogP contribution is 2.30. The second kappa shape index (κ2) is 10.9. The highest BCUT2D eigenvalue weighted by atomic mass is 16.4. The summed E-state index contributed by atoms with van der Waals surface area (Å²) in [5, 5.41) is 36.9. The molecule has 0 heterocycles. The number of carboxylic acid groups (broad SMARTS) is 2. The monoisotopic (exact) mass is 404 g/mol. The van der Waals surface area contributed by atoms with Crippen molar-refractivity contribution < 1.29 is 30.0 Å². The lowest BCUT2D eigenvalue weighted by molar-refractivity contribution is 0.0686. The largest absolute Gasteiger partial charge is 0.507 e. The van der Waals surface area contributed by atoms with Gasteiger partial charge in [0.2, 0.25) is 0 Å². The summed E-state index contributed by atoms with van der Waals surface area (Å²) in [6.07, 6.45) is 0. The van der Waals surface area contributed by atoms with Crippen molar-refractivity contribution in [2.75, 3.05) is 0 Å². The first kappa shape index (κ1) is 22.0. The fourth-order valence-electron chi connectivity index (χ4n) is 2.43. The molecular weight excluding hydrogens is 384 g/mol. The van der Waals surface area contributed by atoms with E-state index in [0.717, 1.165) is 0 Å². The molecule has 0 aliphatic heterocycles. The molecule has 0 atom stereocenters. The summed E-state index contributed by atoms with van der Waals surface area (Å²) >= 11 is 0. The Labute approximate surface area is 172 Å². The van der Waals surface area contributed by atoms with E-state index < -0.39 is 11.9 Å². The number of rotatable bonds is 2. The van der Waals surface area contributed by atoms with Crippen LogP contribution < -0.4 is 0 Å². The van der Waals surface area contributed by atoms with Crippen LogP contribution in [-0.2, 0) is 0 Å². The number of aromatic carboxylic acids is 2. The van der Waals surface area contributed by atoms with E-state index in [-0.39, 0.29) is 11.5 Å². The van der Waals surface area contributed by atoms with E-state index >= 15 is 0 Å². The quantitative estimate of drug-likeness (QED) is 0.349. The Balaban J connectivity index is 0.000000163. The first-order valence-electron chi connectivity index (χ1n) is 8.86. The molecule has 4 aromatic rings. The number of carboxylic acids is 2. The van der Waals surface area contributed by atoms with Gasteiger partial charge in [-0.2, -0.15) is 0 Å². The molecule has 0 saturated heterocycles. The SMILES string of the molecule is O=C(O)c1ccccc1.O=C(O)c1ccccc1.Oc1ccc(O)c2ccccc12. The minimum Gasteiger partial charge on any atom is -0.507 e. The molecule has 0 unspecified atom stereocenters. The molecule has 6 nitrogen and oxygen atoms in total. The highest BCUT2D eigenvalue weighted by molar-refractivity contribution is 5.92. The molecule has 152 valence electrons. The van der Waals surface area contributed by atoms with Gasteiger partial charge in [-0.3, -0.25) is 0 Å². The van der Waals surface area contributed by atoms with Crippen LogP contribution in [0.5, 0.6) is 11.5 Å². The zero-order valence-corrected chi connectivity index (χ0v) is 15.8. The van der Waals surface area contributed by atoms with Crippen LogP contribution in [0.2, 0.25) is 0 Å². The predicted octanol–water partition coefficient (Wildman–Crippen LogP) is 5.02. The molecule has 0 aromatic heterocycles. The summed E-state index contributed by atoms with van der Waals surface area (Å²) in [4.78, 5) is 20.4. The summed E-state index contributed by atoms with van der Waals surface area (Å²) in [6, 6.07) is 26.7. The van der Waals surface area contributed by atoms with Crippen LogP contribution in [-0.4, -0.2) is 32.4 Å². The summed E-state index contributed by atoms with van der Waals surface area (Å²) < 4.78 is 0. The topological polar surface area (TPSA) is 115 Å². The van der Waals surface area contributed by atoms with Crippen molar-refractivity contribution in [2.24, 2.45) is 0 Å². The summed E-state index contributed by atoms with van der Waals surface area (Å²) in [5.41, 5.74) is 0.662. The van der Waals surface area contributed by atoms with Gasteiger partial charge in [-0.1, -0.05) is 60.7 Å². The highest BCUT2D eigenvalue weighted by Gasteiger charge is 2.01. The van der Waals surface area contributed by atoms with E-state index in [2.05, 4.69) is 0 Å². The zero-order valence-electron chi connectivity index (χ0n) is 15.8. The molecule has 0 aliphatic rings. The molecule has 4 aromatic carbocycles. The number of benzene rings is 4. The second-order valence-electron chi connectivity index (χ2n) is 5.99. The van der Waals surface area contributed by atoms with E-state index in [1.165, 1.54) is 12.1 Å². The average molecular weight is 404 g/mol. The van der Waals surface area contributed by atoms with Gasteiger partial charge < -0.3 is 20.4 Å². The number of carbonyl (C=O) groups is 2. The fraction of sp³-hybridized carbons (Fsp3) is 0. The van der Waals surface area contributed by atoms with Crippen LogP contribution in [0.3, 0.4) is 0 Å². The zero-order chi connectivity index (χ0) is 21.9. The Morgan fingerprint density at radius 1 is 0.467 bits per heavy atom. The number of hydrogen-bond donors (Lipinski definition) is 4. The standard InChI is InChI=1S/C10H8O2.2C7H6O2/c11-9-5-6-10(12)8-4-2-1-3-7(8)9;2*8-7(9)6-4-2-1-3-5-6/h1-6,11-12H;2*1-5H,(H,8,9). The van der Waals surface area contributed by atoms with Gasteiger partial charge in [0.1, 0.15) is 11.5 Å². The van der Waals surface area contributed by atoms with Crippen molar-refractivity contribution in [3.05, 3.63) is 108 Å². The Morgan fingerprint density at radius 2 is 0.767 bits per heavy atom. The number of phenols is 2. The van der Waals surface area contributed by atoms with Crippen molar-refractivity contribution >= 4 is 22.7 Å². The second-order valence-corrected chi connectivity index (χ2v) is 5.99. The van der Waals surface area contributed by atoms with Crippen LogP contribution in [0.1, 0.15) is 20.7 Å². The number of hydrogen-bond acceptors (Lipinski definition) is 4. The van der Waals surface area contributed by atoms with Crippen molar-refractivity contribution in [1.29, 1.82) is 0 Å². The van der Waals surface area contributed by atoms with Crippen molar-refractivity contribution in [3.8, 4) is 11.5 Å². The predicted molar refractivity (Wildman–Crippen MR) is 114 cm³/mol. The first-order chi connectivity index (χ1) is 14.4. The van der Waals surface area contributed by atoms with E-state index in [9.17, 15) is 19.8 Å². The Morgan fingerprint density at radius 3 is 1.03 bits per heavy atom. The molecule has 6 heteroatoms. The van der Waals surface area contributed by atoms with Crippen LogP contribution in [0, 0.1) is 0 Å². The first-order valence-corrected chi connectivity index (χ1v) is 8.86. The Kier molecular flexibility index (Phi) is 7.96. The van der Waals surface area contributed by atoms with Gasteiger partial charge in [-0.05, 0) is 36.4 Å². The van der Waals surface area contributed by atoms with Crippen LogP contribution >= 0.6 is 0 Å². The number of aromatic hydroxyl groups is 2. The van der Waals surface area contributed by atoms with Gasteiger partial charge in [0.15, 0.2) is 0 Å². The van der Waals surface area contributed by atoms with Crippen molar-refractivity contribution in [3.63, 3.8) is 0 Å². The molecule has 0 fully saturated rings. The summed E-state index contributed by atoms with van der Waals surface area (Å²) in [5.74, 6) is -1.36. The van der Waals surface area contributed by atoms with Crippen LogP contribution in [0.4, 0.5) is 0 Å². The van der Waals surface area contributed by atoms with E-state index in [0.29, 0.717) is 21.9 Å².